The molecule has 0 aliphatic rings. The van der Waals surface area contributed by atoms with Crippen molar-refractivity contribution in [3.63, 3.8) is 0 Å². The van der Waals surface area contributed by atoms with E-state index in [2.05, 4.69) is 5.32 Å². The first-order valence-corrected chi connectivity index (χ1v) is 11.0. The minimum absolute atomic E-state index is 0.0310. The lowest BCUT2D eigenvalue weighted by molar-refractivity contribution is -0.136. The average Bonchev–Trinajstić information content (AvgIpc) is 2.73. The molecule has 2 rings (SSSR count). The van der Waals surface area contributed by atoms with Gasteiger partial charge in [-0.05, 0) is 42.2 Å². The smallest absolute Gasteiger partial charge is 0.331 e. The third-order valence-electron chi connectivity index (χ3n) is 4.26. The van der Waals surface area contributed by atoms with Crippen LogP contribution in [0.1, 0.15) is 34.8 Å². The van der Waals surface area contributed by atoms with E-state index in [0.717, 1.165) is 24.5 Å². The highest BCUT2D eigenvalue weighted by Gasteiger charge is 2.09. The van der Waals surface area contributed by atoms with E-state index >= 15 is 0 Å². The molecule has 8 nitrogen and oxygen atoms in total. The molecule has 9 heteroatoms. The van der Waals surface area contributed by atoms with Gasteiger partial charge in [-0.1, -0.05) is 36.4 Å². The largest absolute Gasteiger partial charge is 0.454 e. The maximum absolute atomic E-state index is 12.2. The van der Waals surface area contributed by atoms with Gasteiger partial charge in [0.15, 0.2) is 12.4 Å². The molecule has 0 bridgehead atoms. The van der Waals surface area contributed by atoms with Gasteiger partial charge in [0.25, 0.3) is 0 Å². The molecule has 0 radical (unpaired) electrons. The van der Waals surface area contributed by atoms with Gasteiger partial charge in [-0.15, -0.1) is 0 Å². The molecule has 1 amide bonds. The first kappa shape index (κ1) is 24.0. The van der Waals surface area contributed by atoms with Crippen LogP contribution in [0.2, 0.25) is 0 Å². The Morgan fingerprint density at radius 2 is 1.68 bits per heavy atom. The number of nitrogens with one attached hydrogen (secondary N) is 1. The molecule has 0 aliphatic carbocycles. The van der Waals surface area contributed by atoms with Gasteiger partial charge < -0.3 is 10.1 Å². The number of esters is 1. The molecule has 0 saturated carbocycles. The fraction of sp³-hybridized carbons (Fsp3) is 0.227. The zero-order valence-corrected chi connectivity index (χ0v) is 17.9. The van der Waals surface area contributed by atoms with Gasteiger partial charge in [0.05, 0.1) is 4.90 Å². The molecule has 0 heterocycles. The Labute approximate surface area is 181 Å². The standard InChI is InChI=1S/C22H24N2O6S/c1-16(25)24-14-2-3-17-4-9-19(10-5-17)21(26)15-30-22(27)13-8-18-6-11-20(12-7-18)31(23,28)29/h4-13H,2-3,14-15H2,1H3,(H,24,25)(H2,23,28,29)/b13-8+. The summed E-state index contributed by atoms with van der Waals surface area (Å²) in [4.78, 5) is 34.8. The molecule has 2 aromatic carbocycles. The summed E-state index contributed by atoms with van der Waals surface area (Å²) >= 11 is 0. The van der Waals surface area contributed by atoms with Crippen molar-refractivity contribution in [2.45, 2.75) is 24.7 Å². The van der Waals surface area contributed by atoms with Crippen LogP contribution in [-0.2, 0) is 30.8 Å². The van der Waals surface area contributed by atoms with E-state index in [9.17, 15) is 22.8 Å². The molecule has 31 heavy (non-hydrogen) atoms. The zero-order valence-electron chi connectivity index (χ0n) is 17.0. The van der Waals surface area contributed by atoms with Gasteiger partial charge in [-0.2, -0.15) is 0 Å². The molecule has 164 valence electrons. The van der Waals surface area contributed by atoms with Crippen molar-refractivity contribution in [3.05, 3.63) is 71.3 Å². The minimum atomic E-state index is -3.78. The average molecular weight is 445 g/mol. The Bertz CT molecular complexity index is 1060. The monoisotopic (exact) mass is 444 g/mol. The summed E-state index contributed by atoms with van der Waals surface area (Å²) in [6.45, 7) is 1.67. The number of benzene rings is 2. The topological polar surface area (TPSA) is 133 Å². The first-order valence-electron chi connectivity index (χ1n) is 9.49. The Kier molecular flexibility index (Phi) is 8.65. The maximum atomic E-state index is 12.2. The summed E-state index contributed by atoms with van der Waals surface area (Å²) < 4.78 is 27.4. The Morgan fingerprint density at radius 3 is 2.26 bits per heavy atom. The van der Waals surface area contributed by atoms with Gasteiger partial charge >= 0.3 is 5.97 Å². The Hall–Kier alpha value is -3.30. The van der Waals surface area contributed by atoms with Crippen molar-refractivity contribution in [1.82, 2.24) is 5.32 Å². The van der Waals surface area contributed by atoms with E-state index in [1.54, 1.807) is 12.1 Å². The molecule has 0 aromatic heterocycles. The highest BCUT2D eigenvalue weighted by Crippen LogP contribution is 2.10. The van der Waals surface area contributed by atoms with Crippen molar-refractivity contribution in [2.75, 3.05) is 13.2 Å². The van der Waals surface area contributed by atoms with Crippen molar-refractivity contribution < 1.29 is 27.5 Å². The predicted molar refractivity (Wildman–Crippen MR) is 116 cm³/mol. The number of amides is 1. The van der Waals surface area contributed by atoms with Gasteiger partial charge in [0, 0.05) is 25.1 Å². The molecule has 2 aromatic rings. The third kappa shape index (κ3) is 8.53. The summed E-state index contributed by atoms with van der Waals surface area (Å²) in [5.41, 5.74) is 2.04. The number of ether oxygens (including phenoxy) is 1. The Balaban J connectivity index is 1.80. The highest BCUT2D eigenvalue weighted by molar-refractivity contribution is 7.89. The lowest BCUT2D eigenvalue weighted by Crippen LogP contribution is -2.21. The van der Waals surface area contributed by atoms with Crippen LogP contribution in [0.25, 0.3) is 6.08 Å². The van der Waals surface area contributed by atoms with Crippen molar-refractivity contribution >= 4 is 33.8 Å². The van der Waals surface area contributed by atoms with Gasteiger partial charge in [0.1, 0.15) is 0 Å². The first-order chi connectivity index (χ1) is 14.6. The summed E-state index contributed by atoms with van der Waals surface area (Å²) in [6, 6.07) is 12.6. The van der Waals surface area contributed by atoms with Crippen LogP contribution < -0.4 is 10.5 Å². The van der Waals surface area contributed by atoms with Gasteiger partial charge in [-0.3, -0.25) is 9.59 Å². The molecule has 0 unspecified atom stereocenters. The lowest BCUT2D eigenvalue weighted by Gasteiger charge is -2.05. The zero-order chi connectivity index (χ0) is 22.9. The summed E-state index contributed by atoms with van der Waals surface area (Å²) in [5, 5.41) is 7.75. The van der Waals surface area contributed by atoms with Crippen molar-refractivity contribution in [1.29, 1.82) is 0 Å². The van der Waals surface area contributed by atoms with Crippen LogP contribution in [0.5, 0.6) is 0 Å². The molecule has 0 atom stereocenters. The number of hydrogen-bond donors (Lipinski definition) is 2. The normalized spacial score (nSPS) is 11.3. The molecule has 0 aliphatic heterocycles. The van der Waals surface area contributed by atoms with E-state index in [1.807, 2.05) is 12.1 Å². The fourth-order valence-corrected chi connectivity index (χ4v) is 3.13. The summed E-state index contributed by atoms with van der Waals surface area (Å²) in [6.07, 6.45) is 4.15. The number of ketones is 1. The van der Waals surface area contributed by atoms with Crippen LogP contribution in [0, 0.1) is 0 Å². The van der Waals surface area contributed by atoms with E-state index in [1.165, 1.54) is 37.3 Å². The molecule has 3 N–H and O–H groups in total. The van der Waals surface area contributed by atoms with E-state index in [-0.39, 0.29) is 16.6 Å². The number of aryl methyl sites for hydroxylation is 1. The highest BCUT2D eigenvalue weighted by atomic mass is 32.2. The second-order valence-electron chi connectivity index (χ2n) is 6.76. The van der Waals surface area contributed by atoms with Gasteiger partial charge in [0.2, 0.25) is 15.9 Å². The van der Waals surface area contributed by atoms with Crippen LogP contribution in [0.4, 0.5) is 0 Å². The van der Waals surface area contributed by atoms with Crippen LogP contribution in [-0.4, -0.2) is 39.2 Å². The summed E-state index contributed by atoms with van der Waals surface area (Å²) in [5.74, 6) is -1.09. The van der Waals surface area contributed by atoms with Crippen molar-refractivity contribution in [3.8, 4) is 0 Å². The number of Topliss-reactive ketones (excluding diaryl/α,β-unsaturated/α-hetero) is 1. The predicted octanol–water partition coefficient (Wildman–Crippen LogP) is 1.84. The number of carbonyl (C=O) groups excluding carboxylic acids is 3. The minimum Gasteiger partial charge on any atom is -0.454 e. The maximum Gasteiger partial charge on any atom is 0.331 e. The number of sulfonamides is 1. The second-order valence-corrected chi connectivity index (χ2v) is 8.32. The van der Waals surface area contributed by atoms with E-state index in [4.69, 9.17) is 9.88 Å². The fourth-order valence-electron chi connectivity index (χ4n) is 2.62. The summed E-state index contributed by atoms with van der Waals surface area (Å²) in [7, 11) is -3.78. The van der Waals surface area contributed by atoms with E-state index < -0.39 is 22.6 Å². The number of hydrogen-bond acceptors (Lipinski definition) is 6. The van der Waals surface area contributed by atoms with Crippen LogP contribution in [0.3, 0.4) is 0 Å². The van der Waals surface area contributed by atoms with Crippen LogP contribution in [0.15, 0.2) is 59.5 Å². The Morgan fingerprint density at radius 1 is 1.03 bits per heavy atom. The SMILES string of the molecule is CC(=O)NCCCc1ccc(C(=O)COC(=O)/C=C/c2ccc(S(N)(=O)=O)cc2)cc1. The molecule has 0 saturated heterocycles. The molecule has 0 spiro atoms. The number of nitrogens with two attached hydrogens (primary N) is 1. The molecular formula is C22H24N2O6S. The molecular weight excluding hydrogens is 420 g/mol. The molecule has 0 fully saturated rings. The van der Waals surface area contributed by atoms with Gasteiger partial charge in [-0.25, -0.2) is 18.4 Å². The number of primary sulfonamides is 1. The second kappa shape index (κ2) is 11.2. The lowest BCUT2D eigenvalue weighted by atomic mass is 10.1. The van der Waals surface area contributed by atoms with E-state index in [0.29, 0.717) is 17.7 Å². The number of carbonyl (C=O) groups is 3. The number of rotatable bonds is 10. The van der Waals surface area contributed by atoms with Crippen molar-refractivity contribution in [2.24, 2.45) is 5.14 Å². The van der Waals surface area contributed by atoms with Crippen LogP contribution >= 0.6 is 0 Å². The third-order valence-corrected chi connectivity index (χ3v) is 5.19. The quantitative estimate of drug-likeness (QED) is 0.249.